The molecule has 0 aromatic carbocycles. The molecule has 0 aliphatic heterocycles. The lowest BCUT2D eigenvalue weighted by Crippen LogP contribution is -2.55. The number of carboxylic acids is 1. The van der Waals surface area contributed by atoms with Gasteiger partial charge in [0.25, 0.3) is 0 Å². The second-order valence-electron chi connectivity index (χ2n) is 7.35. The number of aliphatic carboxylic acids is 1. The molecule has 0 aromatic rings. The molecule has 1 aliphatic carbocycles. The number of rotatable bonds is 4. The molecule has 1 rings (SSSR count). The predicted molar refractivity (Wildman–Crippen MR) is 78.1 cm³/mol. The first-order chi connectivity index (χ1) is 8.97. The second kappa shape index (κ2) is 5.72. The van der Waals surface area contributed by atoms with Crippen molar-refractivity contribution in [1.29, 1.82) is 0 Å². The molecule has 1 fully saturated rings. The van der Waals surface area contributed by atoms with Gasteiger partial charge in [-0.1, -0.05) is 20.8 Å². The maximum atomic E-state index is 12.5. The SMILES string of the molecule is CC1C(N)CCC(C(=O)NC(C)(C)CC(=O)O)C1(C)C. The Morgan fingerprint density at radius 1 is 1.35 bits per heavy atom. The van der Waals surface area contributed by atoms with Crippen molar-refractivity contribution in [3.8, 4) is 0 Å². The minimum absolute atomic E-state index is 0.0556. The van der Waals surface area contributed by atoms with E-state index < -0.39 is 11.5 Å². The summed E-state index contributed by atoms with van der Waals surface area (Å²) in [6, 6.07) is 0.126. The molecule has 1 amide bonds. The van der Waals surface area contributed by atoms with Gasteiger partial charge in [0.2, 0.25) is 5.91 Å². The van der Waals surface area contributed by atoms with E-state index in [1.54, 1.807) is 13.8 Å². The third-order valence-electron chi connectivity index (χ3n) is 4.87. The summed E-state index contributed by atoms with van der Waals surface area (Å²) in [4.78, 5) is 23.3. The van der Waals surface area contributed by atoms with E-state index in [0.29, 0.717) is 0 Å². The summed E-state index contributed by atoms with van der Waals surface area (Å²) in [5.41, 5.74) is 5.19. The van der Waals surface area contributed by atoms with Gasteiger partial charge in [-0.15, -0.1) is 0 Å². The normalized spacial score (nSPS) is 29.8. The second-order valence-corrected chi connectivity index (χ2v) is 7.35. The Morgan fingerprint density at radius 2 is 1.90 bits per heavy atom. The Morgan fingerprint density at radius 3 is 2.40 bits per heavy atom. The molecule has 0 saturated heterocycles. The van der Waals surface area contributed by atoms with Gasteiger partial charge in [0.1, 0.15) is 0 Å². The molecule has 0 radical (unpaired) electrons. The largest absolute Gasteiger partial charge is 0.481 e. The van der Waals surface area contributed by atoms with Crippen LogP contribution in [-0.4, -0.2) is 28.6 Å². The summed E-state index contributed by atoms with van der Waals surface area (Å²) in [7, 11) is 0. The third-order valence-corrected chi connectivity index (χ3v) is 4.87. The highest BCUT2D eigenvalue weighted by Gasteiger charge is 2.45. The molecule has 4 N–H and O–H groups in total. The van der Waals surface area contributed by atoms with Crippen LogP contribution in [0.25, 0.3) is 0 Å². The first kappa shape index (κ1) is 17.0. The van der Waals surface area contributed by atoms with Crippen LogP contribution in [0.2, 0.25) is 0 Å². The molecule has 0 spiro atoms. The maximum Gasteiger partial charge on any atom is 0.305 e. The lowest BCUT2D eigenvalue weighted by atomic mass is 9.61. The van der Waals surface area contributed by atoms with Crippen LogP contribution in [0, 0.1) is 17.3 Å². The standard InChI is InChI=1S/C15H28N2O3/c1-9-11(16)7-6-10(15(9,4)5)13(20)17-14(2,3)8-12(18)19/h9-11H,6-8,16H2,1-5H3,(H,17,20)(H,18,19). The molecule has 5 nitrogen and oxygen atoms in total. The molecule has 1 saturated carbocycles. The number of carbonyl (C=O) groups excluding carboxylic acids is 1. The monoisotopic (exact) mass is 284 g/mol. The first-order valence-corrected chi connectivity index (χ1v) is 7.27. The van der Waals surface area contributed by atoms with Crippen LogP contribution >= 0.6 is 0 Å². The highest BCUT2D eigenvalue weighted by Crippen LogP contribution is 2.44. The summed E-state index contributed by atoms with van der Waals surface area (Å²) in [5.74, 6) is -0.825. The quantitative estimate of drug-likeness (QED) is 0.733. The fourth-order valence-corrected chi connectivity index (χ4v) is 3.16. The topological polar surface area (TPSA) is 92.4 Å². The van der Waals surface area contributed by atoms with E-state index in [0.717, 1.165) is 12.8 Å². The zero-order valence-electron chi connectivity index (χ0n) is 13.2. The van der Waals surface area contributed by atoms with Crippen LogP contribution in [0.3, 0.4) is 0 Å². The summed E-state index contributed by atoms with van der Waals surface area (Å²) < 4.78 is 0. The van der Waals surface area contributed by atoms with E-state index in [4.69, 9.17) is 10.8 Å². The molecular formula is C15H28N2O3. The van der Waals surface area contributed by atoms with Crippen molar-refractivity contribution in [2.45, 2.75) is 65.5 Å². The van der Waals surface area contributed by atoms with Crippen molar-refractivity contribution in [3.05, 3.63) is 0 Å². The minimum atomic E-state index is -0.909. The van der Waals surface area contributed by atoms with Gasteiger partial charge in [-0.2, -0.15) is 0 Å². The lowest BCUT2D eigenvalue weighted by Gasteiger charge is -2.46. The molecule has 5 heteroatoms. The zero-order valence-corrected chi connectivity index (χ0v) is 13.2. The van der Waals surface area contributed by atoms with Crippen LogP contribution < -0.4 is 11.1 Å². The summed E-state index contributed by atoms with van der Waals surface area (Å²) >= 11 is 0. The average Bonchev–Trinajstić information content (AvgIpc) is 2.22. The first-order valence-electron chi connectivity index (χ1n) is 7.27. The van der Waals surface area contributed by atoms with Crippen molar-refractivity contribution in [1.82, 2.24) is 5.32 Å². The van der Waals surface area contributed by atoms with Gasteiger partial charge in [0, 0.05) is 17.5 Å². The van der Waals surface area contributed by atoms with Crippen molar-refractivity contribution in [3.63, 3.8) is 0 Å². The number of hydrogen-bond donors (Lipinski definition) is 3. The minimum Gasteiger partial charge on any atom is -0.481 e. The molecule has 1 aliphatic rings. The average molecular weight is 284 g/mol. The van der Waals surface area contributed by atoms with E-state index in [1.807, 2.05) is 0 Å². The van der Waals surface area contributed by atoms with E-state index in [9.17, 15) is 9.59 Å². The number of nitrogens with one attached hydrogen (secondary N) is 1. The van der Waals surface area contributed by atoms with Crippen molar-refractivity contribution in [2.75, 3.05) is 0 Å². The Hall–Kier alpha value is -1.10. The number of hydrogen-bond acceptors (Lipinski definition) is 3. The molecule has 20 heavy (non-hydrogen) atoms. The third kappa shape index (κ3) is 3.72. The van der Waals surface area contributed by atoms with Crippen LogP contribution in [0.4, 0.5) is 0 Å². The summed E-state index contributed by atoms with van der Waals surface area (Å²) in [6.07, 6.45) is 1.51. The van der Waals surface area contributed by atoms with Crippen molar-refractivity contribution < 1.29 is 14.7 Å². The van der Waals surface area contributed by atoms with Crippen LogP contribution in [0.1, 0.15) is 53.9 Å². The number of carbonyl (C=O) groups is 2. The number of carboxylic acid groups (broad SMARTS) is 1. The molecule has 0 heterocycles. The van der Waals surface area contributed by atoms with Gasteiger partial charge >= 0.3 is 5.97 Å². The maximum absolute atomic E-state index is 12.5. The van der Waals surface area contributed by atoms with Crippen LogP contribution in [0.5, 0.6) is 0 Å². The summed E-state index contributed by atoms with van der Waals surface area (Å²) in [6.45, 7) is 9.72. The van der Waals surface area contributed by atoms with E-state index in [1.165, 1.54) is 0 Å². The molecule has 116 valence electrons. The van der Waals surface area contributed by atoms with E-state index in [-0.39, 0.29) is 35.6 Å². The Kier molecular flexibility index (Phi) is 4.85. The van der Waals surface area contributed by atoms with Gasteiger partial charge in [-0.25, -0.2) is 0 Å². The lowest BCUT2D eigenvalue weighted by molar-refractivity contribution is -0.139. The van der Waals surface area contributed by atoms with Gasteiger partial charge in [0.15, 0.2) is 0 Å². The van der Waals surface area contributed by atoms with Gasteiger partial charge in [-0.3, -0.25) is 9.59 Å². The van der Waals surface area contributed by atoms with Gasteiger partial charge in [-0.05, 0) is 38.0 Å². The van der Waals surface area contributed by atoms with Crippen LogP contribution in [-0.2, 0) is 9.59 Å². The summed E-state index contributed by atoms with van der Waals surface area (Å²) in [5, 5.41) is 11.8. The molecule has 0 aromatic heterocycles. The molecule has 0 bridgehead atoms. The van der Waals surface area contributed by atoms with Gasteiger partial charge in [0.05, 0.1) is 6.42 Å². The van der Waals surface area contributed by atoms with Crippen LogP contribution in [0.15, 0.2) is 0 Å². The highest BCUT2D eigenvalue weighted by atomic mass is 16.4. The Balaban J connectivity index is 2.79. The van der Waals surface area contributed by atoms with E-state index in [2.05, 4.69) is 26.1 Å². The van der Waals surface area contributed by atoms with Crippen molar-refractivity contribution >= 4 is 11.9 Å². The van der Waals surface area contributed by atoms with E-state index >= 15 is 0 Å². The highest BCUT2D eigenvalue weighted by molar-refractivity contribution is 5.81. The molecule has 3 atom stereocenters. The van der Waals surface area contributed by atoms with Gasteiger partial charge < -0.3 is 16.2 Å². The predicted octanol–water partition coefficient (Wildman–Crippen LogP) is 1.76. The number of amides is 1. The zero-order chi connectivity index (χ0) is 15.7. The Labute approximate surface area is 121 Å². The molecule has 3 unspecified atom stereocenters. The molecular weight excluding hydrogens is 256 g/mol. The fourth-order valence-electron chi connectivity index (χ4n) is 3.16. The fraction of sp³-hybridized carbons (Fsp3) is 0.867. The number of nitrogens with two attached hydrogens (primary N) is 1. The smallest absolute Gasteiger partial charge is 0.305 e. The van der Waals surface area contributed by atoms with Crippen molar-refractivity contribution in [2.24, 2.45) is 23.0 Å². The Bertz CT molecular complexity index is 391.